The first-order valence-electron chi connectivity index (χ1n) is 10.4. The fourth-order valence-electron chi connectivity index (χ4n) is 2.89. The van der Waals surface area contributed by atoms with Gasteiger partial charge >= 0.3 is 5.97 Å². The van der Waals surface area contributed by atoms with E-state index in [-0.39, 0.29) is 18.1 Å². The van der Waals surface area contributed by atoms with E-state index in [1.807, 2.05) is 0 Å². The van der Waals surface area contributed by atoms with Crippen LogP contribution in [0, 0.1) is 5.92 Å². The van der Waals surface area contributed by atoms with E-state index in [0.29, 0.717) is 12.0 Å². The van der Waals surface area contributed by atoms with Gasteiger partial charge in [-0.3, -0.25) is 24.0 Å². The molecule has 182 valence electrons. The van der Waals surface area contributed by atoms with Crippen LogP contribution in [-0.4, -0.2) is 64.5 Å². The van der Waals surface area contributed by atoms with Crippen LogP contribution in [0.3, 0.4) is 0 Å². The second-order valence-electron chi connectivity index (χ2n) is 7.69. The number of rotatable bonds is 13. The van der Waals surface area contributed by atoms with Crippen molar-refractivity contribution in [2.75, 3.05) is 6.54 Å². The van der Waals surface area contributed by atoms with Crippen LogP contribution < -0.4 is 27.4 Å². The normalized spacial score (nSPS) is 14.3. The summed E-state index contributed by atoms with van der Waals surface area (Å²) in [5.74, 6) is -4.53. The van der Waals surface area contributed by atoms with Crippen molar-refractivity contribution in [1.82, 2.24) is 16.0 Å². The molecule has 1 rings (SSSR count). The molecule has 12 heteroatoms. The van der Waals surface area contributed by atoms with Crippen LogP contribution in [0.5, 0.6) is 5.75 Å². The Morgan fingerprint density at radius 1 is 1.00 bits per heavy atom. The fourth-order valence-corrected chi connectivity index (χ4v) is 2.89. The van der Waals surface area contributed by atoms with Crippen LogP contribution in [0.1, 0.15) is 32.3 Å². The van der Waals surface area contributed by atoms with Crippen LogP contribution in [0.25, 0.3) is 0 Å². The van der Waals surface area contributed by atoms with Gasteiger partial charge in [-0.2, -0.15) is 0 Å². The van der Waals surface area contributed by atoms with Crippen molar-refractivity contribution in [3.63, 3.8) is 0 Å². The van der Waals surface area contributed by atoms with Gasteiger partial charge in [0.05, 0.1) is 12.5 Å². The molecule has 0 aliphatic heterocycles. The van der Waals surface area contributed by atoms with Gasteiger partial charge in [0.15, 0.2) is 0 Å². The molecule has 0 spiro atoms. The average Bonchev–Trinajstić information content (AvgIpc) is 2.75. The molecular formula is C21H31N5O7. The number of carboxylic acid groups (broad SMARTS) is 1. The summed E-state index contributed by atoms with van der Waals surface area (Å²) in [5.41, 5.74) is 11.3. The number of aromatic hydroxyl groups is 1. The molecule has 4 amide bonds. The van der Waals surface area contributed by atoms with Crippen LogP contribution >= 0.6 is 0 Å². The van der Waals surface area contributed by atoms with E-state index in [1.54, 1.807) is 26.0 Å². The minimum atomic E-state index is -1.28. The van der Waals surface area contributed by atoms with Gasteiger partial charge in [0.2, 0.25) is 23.6 Å². The van der Waals surface area contributed by atoms with Crippen LogP contribution in [0.2, 0.25) is 0 Å². The molecule has 1 aromatic carbocycles. The second-order valence-corrected chi connectivity index (χ2v) is 7.69. The largest absolute Gasteiger partial charge is 0.508 e. The van der Waals surface area contributed by atoms with E-state index in [0.717, 1.165) is 0 Å². The van der Waals surface area contributed by atoms with Crippen molar-refractivity contribution >= 4 is 29.6 Å². The maximum atomic E-state index is 13.1. The second kappa shape index (κ2) is 13.0. The predicted octanol–water partition coefficient (Wildman–Crippen LogP) is -1.65. The Hall–Kier alpha value is -3.67. The third-order valence-electron chi connectivity index (χ3n) is 4.97. The summed E-state index contributed by atoms with van der Waals surface area (Å²) in [6.07, 6.45) is 0.0709. The van der Waals surface area contributed by atoms with Crippen LogP contribution in [0.4, 0.5) is 0 Å². The maximum Gasteiger partial charge on any atom is 0.322 e. The summed E-state index contributed by atoms with van der Waals surface area (Å²) in [5, 5.41) is 25.5. The van der Waals surface area contributed by atoms with Crippen molar-refractivity contribution in [2.45, 2.75) is 51.2 Å². The highest BCUT2D eigenvalue weighted by Gasteiger charge is 2.31. The molecule has 0 fully saturated rings. The van der Waals surface area contributed by atoms with Gasteiger partial charge in [0.25, 0.3) is 0 Å². The summed E-state index contributed by atoms with van der Waals surface area (Å²) in [6.45, 7) is 2.89. The first-order chi connectivity index (χ1) is 15.4. The number of hydrogen-bond acceptors (Lipinski definition) is 7. The molecule has 0 bridgehead atoms. The van der Waals surface area contributed by atoms with Crippen LogP contribution in [-0.2, 0) is 30.4 Å². The van der Waals surface area contributed by atoms with E-state index in [9.17, 15) is 29.1 Å². The number of phenolic OH excluding ortho intramolecular Hbond substituents is 1. The first-order valence-corrected chi connectivity index (χ1v) is 10.4. The van der Waals surface area contributed by atoms with Gasteiger partial charge in [0, 0.05) is 6.42 Å². The summed E-state index contributed by atoms with van der Waals surface area (Å²) in [6, 6.07) is 2.41. The molecule has 4 atom stereocenters. The molecule has 0 aliphatic rings. The standard InChI is InChI=1S/C21H31N5O7/c1-3-11(2)18(21(33)24-10-17(29)30)26-20(32)15(8-12-4-6-13(27)7-5-12)25-19(31)14(22)9-16(23)28/h4-7,11,14-15,18,27H,3,8-10,22H2,1-2H3,(H2,23,28)(H,24,33)(H,25,31)(H,26,32)(H,29,30). The SMILES string of the molecule is CCC(C)C(NC(=O)C(Cc1ccc(O)cc1)NC(=O)C(N)CC(N)=O)C(=O)NCC(=O)O. The molecule has 4 unspecified atom stereocenters. The number of benzene rings is 1. The summed E-state index contributed by atoms with van der Waals surface area (Å²) in [4.78, 5) is 59.8. The van der Waals surface area contributed by atoms with Gasteiger partial charge in [-0.1, -0.05) is 32.4 Å². The number of carbonyl (C=O) groups is 5. The molecule has 0 aromatic heterocycles. The number of amides is 4. The number of hydrogen-bond donors (Lipinski definition) is 7. The zero-order valence-electron chi connectivity index (χ0n) is 18.5. The summed E-state index contributed by atoms with van der Waals surface area (Å²) < 4.78 is 0. The number of carboxylic acids is 1. The molecule has 9 N–H and O–H groups in total. The minimum Gasteiger partial charge on any atom is -0.508 e. The average molecular weight is 466 g/mol. The van der Waals surface area contributed by atoms with Crippen molar-refractivity contribution in [2.24, 2.45) is 17.4 Å². The van der Waals surface area contributed by atoms with Crippen molar-refractivity contribution in [3.8, 4) is 5.75 Å². The third kappa shape index (κ3) is 9.56. The Kier molecular flexibility index (Phi) is 10.8. The van der Waals surface area contributed by atoms with E-state index in [1.165, 1.54) is 12.1 Å². The molecule has 0 saturated heterocycles. The fraction of sp³-hybridized carbons (Fsp3) is 0.476. The van der Waals surface area contributed by atoms with Crippen molar-refractivity contribution in [1.29, 1.82) is 0 Å². The van der Waals surface area contributed by atoms with E-state index in [4.69, 9.17) is 16.6 Å². The summed E-state index contributed by atoms with van der Waals surface area (Å²) >= 11 is 0. The zero-order valence-corrected chi connectivity index (χ0v) is 18.5. The lowest BCUT2D eigenvalue weighted by atomic mass is 9.97. The Bertz CT molecular complexity index is 859. The number of carbonyl (C=O) groups excluding carboxylic acids is 4. The Balaban J connectivity index is 3.08. The quantitative estimate of drug-likeness (QED) is 0.179. The molecule has 0 radical (unpaired) electrons. The number of aliphatic carboxylic acids is 1. The first kappa shape index (κ1) is 27.4. The number of nitrogens with one attached hydrogen (secondary N) is 3. The topological polar surface area (TPSA) is 214 Å². The number of nitrogens with two attached hydrogens (primary N) is 2. The molecule has 0 heterocycles. The maximum absolute atomic E-state index is 13.1. The monoisotopic (exact) mass is 465 g/mol. The molecular weight excluding hydrogens is 434 g/mol. The molecule has 0 saturated carbocycles. The smallest absolute Gasteiger partial charge is 0.322 e. The van der Waals surface area contributed by atoms with Gasteiger partial charge < -0.3 is 37.6 Å². The Morgan fingerprint density at radius 2 is 1.61 bits per heavy atom. The van der Waals surface area contributed by atoms with E-state index in [2.05, 4.69) is 16.0 Å². The van der Waals surface area contributed by atoms with Crippen molar-refractivity contribution < 1.29 is 34.2 Å². The van der Waals surface area contributed by atoms with E-state index < -0.39 is 60.7 Å². The number of primary amides is 1. The molecule has 0 aliphatic carbocycles. The third-order valence-corrected chi connectivity index (χ3v) is 4.97. The van der Waals surface area contributed by atoms with Crippen LogP contribution in [0.15, 0.2) is 24.3 Å². The predicted molar refractivity (Wildman–Crippen MR) is 118 cm³/mol. The van der Waals surface area contributed by atoms with Gasteiger partial charge in [-0.15, -0.1) is 0 Å². The zero-order chi connectivity index (χ0) is 25.1. The van der Waals surface area contributed by atoms with Gasteiger partial charge in [-0.25, -0.2) is 0 Å². The molecule has 12 nitrogen and oxygen atoms in total. The van der Waals surface area contributed by atoms with Crippen molar-refractivity contribution in [3.05, 3.63) is 29.8 Å². The summed E-state index contributed by atoms with van der Waals surface area (Å²) in [7, 11) is 0. The lowest BCUT2D eigenvalue weighted by Gasteiger charge is -2.27. The van der Waals surface area contributed by atoms with Gasteiger partial charge in [0.1, 0.15) is 24.4 Å². The lowest BCUT2D eigenvalue weighted by molar-refractivity contribution is -0.139. The highest BCUT2D eigenvalue weighted by molar-refractivity contribution is 5.95. The minimum absolute atomic E-state index is 0.00881. The number of phenols is 1. The highest BCUT2D eigenvalue weighted by atomic mass is 16.4. The Labute approximate surface area is 191 Å². The van der Waals surface area contributed by atoms with Gasteiger partial charge in [-0.05, 0) is 23.6 Å². The molecule has 1 aromatic rings. The molecule has 33 heavy (non-hydrogen) atoms. The lowest BCUT2D eigenvalue weighted by Crippen LogP contribution is -2.58. The Morgan fingerprint density at radius 3 is 2.12 bits per heavy atom. The highest BCUT2D eigenvalue weighted by Crippen LogP contribution is 2.13. The van der Waals surface area contributed by atoms with E-state index >= 15 is 0 Å².